The molecule has 0 saturated carbocycles. The van der Waals surface area contributed by atoms with Gasteiger partial charge in [-0.15, -0.1) is 0 Å². The zero-order valence-corrected chi connectivity index (χ0v) is 18.7. The number of nitrogens with zero attached hydrogens (tertiary/aromatic N) is 1. The van der Waals surface area contributed by atoms with Crippen molar-refractivity contribution in [3.05, 3.63) is 63.2 Å². The number of aryl methyl sites for hydroxylation is 1. The molecule has 0 spiro atoms. The van der Waals surface area contributed by atoms with Crippen LogP contribution in [0.15, 0.2) is 48.5 Å². The molecule has 6 heteroatoms. The molecule has 1 unspecified atom stereocenters. The van der Waals surface area contributed by atoms with Crippen LogP contribution in [0.5, 0.6) is 0 Å². The van der Waals surface area contributed by atoms with Crippen LogP contribution in [-0.2, 0) is 27.2 Å². The zero-order chi connectivity index (χ0) is 20.5. The van der Waals surface area contributed by atoms with Gasteiger partial charge in [-0.25, -0.2) is 4.79 Å². The topological polar surface area (TPSA) is 58.6 Å². The molecule has 28 heavy (non-hydrogen) atoms. The summed E-state index contributed by atoms with van der Waals surface area (Å²) in [5, 5.41) is 3.15. The lowest BCUT2D eigenvalue weighted by molar-refractivity contribution is -0.153. The van der Waals surface area contributed by atoms with Crippen LogP contribution in [0.3, 0.4) is 0 Å². The van der Waals surface area contributed by atoms with Gasteiger partial charge < -0.3 is 15.0 Å². The van der Waals surface area contributed by atoms with Crippen LogP contribution >= 0.6 is 22.6 Å². The quantitative estimate of drug-likeness (QED) is 0.425. The summed E-state index contributed by atoms with van der Waals surface area (Å²) in [6.45, 7) is 2.07. The van der Waals surface area contributed by atoms with Gasteiger partial charge in [-0.2, -0.15) is 0 Å². The number of carbonyl (C=O) groups excluding carboxylic acids is 2. The lowest BCUT2D eigenvalue weighted by atomic mass is 10.0. The fraction of sp³-hybridized carbons (Fsp3) is 0.364. The summed E-state index contributed by atoms with van der Waals surface area (Å²) in [6, 6.07) is 15.2. The summed E-state index contributed by atoms with van der Waals surface area (Å²) in [6.07, 6.45) is 1.38. The molecule has 1 N–H and O–H groups in total. The molecule has 0 aliphatic heterocycles. The number of rotatable bonds is 9. The molecular formula is C22H27IN2O3. The lowest BCUT2D eigenvalue weighted by Crippen LogP contribution is -2.45. The van der Waals surface area contributed by atoms with Crippen LogP contribution in [0, 0.1) is 3.57 Å². The van der Waals surface area contributed by atoms with Crippen LogP contribution in [-0.4, -0.2) is 43.5 Å². The van der Waals surface area contributed by atoms with E-state index in [-0.39, 0.29) is 11.9 Å². The van der Waals surface area contributed by atoms with E-state index in [1.54, 1.807) is 14.0 Å². The van der Waals surface area contributed by atoms with Crippen molar-refractivity contribution in [2.45, 2.75) is 32.2 Å². The number of ether oxygens (including phenoxy) is 1. The third kappa shape index (κ3) is 5.95. The van der Waals surface area contributed by atoms with Crippen molar-refractivity contribution in [2.75, 3.05) is 26.0 Å². The first kappa shape index (κ1) is 22.2. The number of hydrogen-bond donors (Lipinski definition) is 1. The maximum Gasteiger partial charge on any atom is 0.329 e. The molecule has 0 heterocycles. The van der Waals surface area contributed by atoms with Crippen LogP contribution in [0.25, 0.3) is 0 Å². The second-order valence-corrected chi connectivity index (χ2v) is 7.64. The maximum atomic E-state index is 12.8. The Kier molecular flexibility index (Phi) is 8.76. The summed E-state index contributed by atoms with van der Waals surface area (Å²) in [5.41, 5.74) is 3.12. The number of carbonyl (C=O) groups is 2. The Morgan fingerprint density at radius 1 is 1.11 bits per heavy atom. The predicted octanol–water partition coefficient (Wildman–Crippen LogP) is 3.90. The van der Waals surface area contributed by atoms with Gasteiger partial charge in [0, 0.05) is 36.2 Å². The van der Waals surface area contributed by atoms with Gasteiger partial charge in [-0.05, 0) is 59.2 Å². The minimum absolute atomic E-state index is 0.0742. The van der Waals surface area contributed by atoms with E-state index in [1.807, 2.05) is 55.6 Å². The largest absolute Gasteiger partial charge is 0.464 e. The van der Waals surface area contributed by atoms with Crippen molar-refractivity contribution in [1.29, 1.82) is 0 Å². The molecule has 5 nitrogen and oxygen atoms in total. The van der Waals surface area contributed by atoms with Gasteiger partial charge in [0.1, 0.15) is 6.04 Å². The average molecular weight is 494 g/mol. The highest BCUT2D eigenvalue weighted by atomic mass is 127. The minimum atomic E-state index is -0.636. The molecule has 2 aromatic rings. The van der Waals surface area contributed by atoms with Crippen molar-refractivity contribution in [2.24, 2.45) is 0 Å². The van der Waals surface area contributed by atoms with Gasteiger partial charge in [0.2, 0.25) is 5.91 Å². The van der Waals surface area contributed by atoms with E-state index in [1.165, 1.54) is 4.90 Å². The standard InChI is InChI=1S/C22H27IN2O3/c1-4-28-22(27)20(15-17-10-5-7-11-18(17)23)25(3)21(26)14-13-16-9-6-8-12-19(16)24-2/h5-12,20,24H,4,13-15H2,1-3H3. The zero-order valence-electron chi connectivity index (χ0n) is 16.6. The van der Waals surface area contributed by atoms with Gasteiger partial charge in [0.05, 0.1) is 6.61 Å². The van der Waals surface area contributed by atoms with Crippen LogP contribution in [0.1, 0.15) is 24.5 Å². The van der Waals surface area contributed by atoms with E-state index in [0.29, 0.717) is 25.9 Å². The number of halogens is 1. The highest BCUT2D eigenvalue weighted by Gasteiger charge is 2.28. The Morgan fingerprint density at radius 3 is 2.39 bits per heavy atom. The first-order valence-corrected chi connectivity index (χ1v) is 10.5. The molecule has 1 atom stereocenters. The number of esters is 1. The Bertz CT molecular complexity index is 810. The molecule has 0 bridgehead atoms. The average Bonchev–Trinajstić information content (AvgIpc) is 2.71. The maximum absolute atomic E-state index is 12.8. The minimum Gasteiger partial charge on any atom is -0.464 e. The van der Waals surface area contributed by atoms with Crippen LogP contribution < -0.4 is 5.32 Å². The molecule has 0 aliphatic carbocycles. The van der Waals surface area contributed by atoms with E-state index in [0.717, 1.165) is 20.4 Å². The molecule has 1 amide bonds. The Labute approximate surface area is 180 Å². The fourth-order valence-corrected chi connectivity index (χ4v) is 3.67. The molecule has 0 fully saturated rings. The summed E-state index contributed by atoms with van der Waals surface area (Å²) in [4.78, 5) is 26.9. The van der Waals surface area contributed by atoms with E-state index in [4.69, 9.17) is 4.74 Å². The Balaban J connectivity index is 2.11. The lowest BCUT2D eigenvalue weighted by Gasteiger charge is -2.27. The van der Waals surface area contributed by atoms with E-state index in [9.17, 15) is 9.59 Å². The number of hydrogen-bond acceptors (Lipinski definition) is 4. The van der Waals surface area contributed by atoms with Gasteiger partial charge in [-0.3, -0.25) is 4.79 Å². The van der Waals surface area contributed by atoms with Gasteiger partial charge in [0.15, 0.2) is 0 Å². The summed E-state index contributed by atoms with van der Waals surface area (Å²) < 4.78 is 6.31. The number of benzene rings is 2. The second-order valence-electron chi connectivity index (χ2n) is 6.48. The Morgan fingerprint density at radius 2 is 1.75 bits per heavy atom. The molecule has 0 saturated heterocycles. The van der Waals surface area contributed by atoms with Crippen LogP contribution in [0.4, 0.5) is 5.69 Å². The number of amides is 1. The Hall–Kier alpha value is -2.09. The molecule has 2 aromatic carbocycles. The SMILES string of the molecule is CCOC(=O)C(Cc1ccccc1I)N(C)C(=O)CCc1ccccc1NC. The van der Waals surface area contributed by atoms with Gasteiger partial charge in [-0.1, -0.05) is 36.4 Å². The normalized spacial score (nSPS) is 11.6. The monoisotopic (exact) mass is 494 g/mol. The van der Waals surface area contributed by atoms with Crippen molar-refractivity contribution in [3.63, 3.8) is 0 Å². The van der Waals surface area contributed by atoms with Gasteiger partial charge in [0.25, 0.3) is 0 Å². The van der Waals surface area contributed by atoms with Crippen molar-refractivity contribution in [3.8, 4) is 0 Å². The number of anilines is 1. The second kappa shape index (κ2) is 11.0. The predicted molar refractivity (Wildman–Crippen MR) is 120 cm³/mol. The smallest absolute Gasteiger partial charge is 0.329 e. The highest BCUT2D eigenvalue weighted by molar-refractivity contribution is 14.1. The van der Waals surface area contributed by atoms with Crippen LogP contribution in [0.2, 0.25) is 0 Å². The van der Waals surface area contributed by atoms with Gasteiger partial charge >= 0.3 is 5.97 Å². The third-order valence-corrected chi connectivity index (χ3v) is 5.74. The first-order chi connectivity index (χ1) is 13.5. The summed E-state index contributed by atoms with van der Waals surface area (Å²) in [5.74, 6) is -0.441. The van der Waals surface area contributed by atoms with E-state index < -0.39 is 6.04 Å². The van der Waals surface area contributed by atoms with E-state index >= 15 is 0 Å². The summed E-state index contributed by atoms with van der Waals surface area (Å²) >= 11 is 2.25. The molecule has 0 aromatic heterocycles. The molecular weight excluding hydrogens is 467 g/mol. The van der Waals surface area contributed by atoms with Crippen molar-refractivity contribution >= 4 is 40.2 Å². The van der Waals surface area contributed by atoms with E-state index in [2.05, 4.69) is 27.9 Å². The molecule has 150 valence electrons. The molecule has 2 rings (SSSR count). The number of likely N-dealkylation sites (N-methyl/N-ethyl adjacent to an activating group) is 1. The highest BCUT2D eigenvalue weighted by Crippen LogP contribution is 2.19. The summed E-state index contributed by atoms with van der Waals surface area (Å²) in [7, 11) is 3.55. The first-order valence-electron chi connectivity index (χ1n) is 9.39. The van der Waals surface area contributed by atoms with Crippen molar-refractivity contribution in [1.82, 2.24) is 4.90 Å². The molecule has 0 radical (unpaired) electrons. The van der Waals surface area contributed by atoms with Crippen molar-refractivity contribution < 1.29 is 14.3 Å². The third-order valence-electron chi connectivity index (χ3n) is 4.69. The fourth-order valence-electron chi connectivity index (χ4n) is 3.06. The number of para-hydroxylation sites is 1. The molecule has 0 aliphatic rings. The number of nitrogens with one attached hydrogen (secondary N) is 1.